The van der Waals surface area contributed by atoms with Gasteiger partial charge in [0.1, 0.15) is 16.7 Å². The Hall–Kier alpha value is -8.58. The molecule has 0 N–H and O–H groups in total. The van der Waals surface area contributed by atoms with Gasteiger partial charge in [-0.25, -0.2) is 4.98 Å². The van der Waals surface area contributed by atoms with E-state index < -0.39 is 8.07 Å². The molecule has 3 aromatic heterocycles. The van der Waals surface area contributed by atoms with Crippen LogP contribution in [-0.2, 0) is 0 Å². The highest BCUT2D eigenvalue weighted by atomic mass is 28.3. The number of hydrogen-bond donors (Lipinski definition) is 0. The van der Waals surface area contributed by atoms with Gasteiger partial charge in [-0.3, -0.25) is 4.98 Å². The Labute approximate surface area is 381 Å². The normalized spacial score (nSPS) is 11.9. The summed E-state index contributed by atoms with van der Waals surface area (Å²) < 4.78 is 13.1. The number of pyridine rings is 1. The van der Waals surface area contributed by atoms with Gasteiger partial charge in [0.25, 0.3) is 0 Å². The predicted octanol–water partition coefficient (Wildman–Crippen LogP) is 13.1. The smallest absolute Gasteiger partial charge is 0.227 e. The maximum atomic E-state index is 6.69. The van der Waals surface area contributed by atoms with Crippen molar-refractivity contribution in [1.82, 2.24) is 9.97 Å². The first kappa shape index (κ1) is 37.9. The minimum Gasteiger partial charge on any atom is -0.456 e. The molecule has 13 aromatic rings. The number of anilines is 3. The van der Waals surface area contributed by atoms with Gasteiger partial charge in [-0.05, 0) is 111 Å². The van der Waals surface area contributed by atoms with Crippen molar-refractivity contribution in [2.45, 2.75) is 0 Å². The second kappa shape index (κ2) is 15.3. The second-order valence-electron chi connectivity index (χ2n) is 16.9. The molecule has 0 saturated carbocycles. The van der Waals surface area contributed by atoms with Crippen LogP contribution in [0.3, 0.4) is 0 Å². The summed E-state index contributed by atoms with van der Waals surface area (Å²) in [4.78, 5) is 12.9. The van der Waals surface area contributed by atoms with Crippen LogP contribution in [-0.4, -0.2) is 18.0 Å². The van der Waals surface area contributed by atoms with Gasteiger partial charge in [-0.1, -0.05) is 158 Å². The van der Waals surface area contributed by atoms with E-state index in [1.807, 2.05) is 42.5 Å². The molecule has 0 saturated heterocycles. The van der Waals surface area contributed by atoms with E-state index in [4.69, 9.17) is 18.8 Å². The third-order valence-electron chi connectivity index (χ3n) is 13.2. The quantitative estimate of drug-likeness (QED) is 0.0865. The van der Waals surface area contributed by atoms with Crippen molar-refractivity contribution in [3.8, 4) is 11.5 Å². The molecule has 10 aromatic carbocycles. The zero-order valence-electron chi connectivity index (χ0n) is 35.7. The molecule has 0 atom stereocenters. The fourth-order valence-electron chi connectivity index (χ4n) is 10.1. The Bertz CT molecular complexity index is 3920. The number of oxazole rings is 1. The highest BCUT2D eigenvalue weighted by molar-refractivity contribution is 7.19. The van der Waals surface area contributed by atoms with Gasteiger partial charge >= 0.3 is 0 Å². The summed E-state index contributed by atoms with van der Waals surface area (Å²) in [5.41, 5.74) is 8.29. The van der Waals surface area contributed by atoms with Crippen molar-refractivity contribution in [3.05, 3.63) is 237 Å². The van der Waals surface area contributed by atoms with Gasteiger partial charge in [0, 0.05) is 49.5 Å². The van der Waals surface area contributed by atoms with Crippen molar-refractivity contribution in [2.24, 2.45) is 0 Å². The maximum absolute atomic E-state index is 6.69. The molecular weight excluding hydrogens is 823 g/mol. The molecule has 0 aliphatic rings. The molecule has 0 fully saturated rings. The molecule has 3 heterocycles. The molecule has 66 heavy (non-hydrogen) atoms. The van der Waals surface area contributed by atoms with E-state index >= 15 is 0 Å². The van der Waals surface area contributed by atoms with Crippen LogP contribution < -0.4 is 25.8 Å². The van der Waals surface area contributed by atoms with Gasteiger partial charge in [-0.15, -0.1) is 0 Å². The number of furan rings is 1. The third kappa shape index (κ3) is 6.07. The van der Waals surface area contributed by atoms with Crippen LogP contribution in [0.15, 0.2) is 245 Å². The van der Waals surface area contributed by atoms with Crippen LogP contribution >= 0.6 is 0 Å². The third-order valence-corrected chi connectivity index (χ3v) is 17.8. The molecular formula is C60H39N3O2Si. The molecule has 0 amide bonds. The van der Waals surface area contributed by atoms with Crippen molar-refractivity contribution >= 4 is 111 Å². The highest BCUT2D eigenvalue weighted by Gasteiger charge is 2.43. The van der Waals surface area contributed by atoms with Crippen LogP contribution in [0.2, 0.25) is 0 Å². The Balaban J connectivity index is 1.08. The Morgan fingerprint density at radius 2 is 0.970 bits per heavy atom. The molecule has 0 aliphatic carbocycles. The zero-order valence-corrected chi connectivity index (χ0v) is 36.7. The molecule has 0 unspecified atom stereocenters. The minimum absolute atomic E-state index is 0.607. The van der Waals surface area contributed by atoms with Crippen LogP contribution in [0.25, 0.3) is 76.9 Å². The van der Waals surface area contributed by atoms with Crippen LogP contribution in [0.1, 0.15) is 0 Å². The SMILES string of the molecule is c1ccc(-c2nc3ccc4ccc5ccc(N(c6cccc([Si](c7ccccc7)(c7ccccc7)c7ccc8ccccc8n7)c6)c6ccc7oc8ccccc8c7c6)cc5c4c3o2)cc1. The van der Waals surface area contributed by atoms with Gasteiger partial charge in [0.05, 0.1) is 5.52 Å². The lowest BCUT2D eigenvalue weighted by Crippen LogP contribution is -2.75. The largest absolute Gasteiger partial charge is 0.456 e. The Morgan fingerprint density at radius 1 is 0.364 bits per heavy atom. The van der Waals surface area contributed by atoms with Crippen LogP contribution in [0.4, 0.5) is 17.1 Å². The van der Waals surface area contributed by atoms with E-state index in [1.54, 1.807) is 0 Å². The van der Waals surface area contributed by atoms with Gasteiger partial charge in [-0.2, -0.15) is 0 Å². The average Bonchev–Trinajstić information content (AvgIpc) is 4.00. The number of hydrogen-bond acceptors (Lipinski definition) is 5. The number of para-hydroxylation sites is 2. The van der Waals surface area contributed by atoms with Crippen molar-refractivity contribution in [1.29, 1.82) is 0 Å². The summed E-state index contributed by atoms with van der Waals surface area (Å²) in [7, 11) is -3.07. The molecule has 5 nitrogen and oxygen atoms in total. The molecule has 13 rings (SSSR count). The molecule has 310 valence electrons. The van der Waals surface area contributed by atoms with E-state index in [1.165, 1.54) is 15.6 Å². The first-order valence-corrected chi connectivity index (χ1v) is 24.3. The zero-order chi connectivity index (χ0) is 43.6. The molecule has 0 bridgehead atoms. The number of benzene rings is 10. The van der Waals surface area contributed by atoms with Gasteiger partial charge in [0.2, 0.25) is 14.0 Å². The van der Waals surface area contributed by atoms with Gasteiger partial charge in [0.15, 0.2) is 5.58 Å². The summed E-state index contributed by atoms with van der Waals surface area (Å²) in [6.45, 7) is 0. The molecule has 0 aliphatic heterocycles. The predicted molar refractivity (Wildman–Crippen MR) is 275 cm³/mol. The monoisotopic (exact) mass is 861 g/mol. The molecule has 0 radical (unpaired) electrons. The summed E-state index contributed by atoms with van der Waals surface area (Å²) in [6, 6.07) is 84.4. The van der Waals surface area contributed by atoms with Crippen molar-refractivity contribution in [2.75, 3.05) is 4.90 Å². The first-order chi connectivity index (χ1) is 32.7. The standard InChI is InChI=1S/C60H39N3O2Si/c1-4-16-43(17-5-1)60-62-54-34-30-42-28-27-40-29-32-45(38-51(40)58(42)59(54)65-60)63(46-33-35-56-52(39-46)50-24-11-13-26-55(50)64-56)44-18-14-23-49(37-44)66(47-19-6-2-7-20-47,48-21-8-3-9-22-48)57-36-31-41-15-10-12-25-53(41)61-57/h1-39H. The fourth-order valence-corrected chi connectivity index (χ4v) is 14.7. The summed E-state index contributed by atoms with van der Waals surface area (Å²) >= 11 is 0. The van der Waals surface area contributed by atoms with E-state index in [0.29, 0.717) is 5.89 Å². The second-order valence-corrected chi connectivity index (χ2v) is 20.6. The lowest BCUT2D eigenvalue weighted by molar-refractivity contribution is 0.623. The van der Waals surface area contributed by atoms with Gasteiger partial charge < -0.3 is 13.7 Å². The lowest BCUT2D eigenvalue weighted by atomic mass is 10.00. The molecule has 6 heteroatoms. The van der Waals surface area contributed by atoms with E-state index in [9.17, 15) is 0 Å². The number of fused-ring (bicyclic) bond motifs is 9. The van der Waals surface area contributed by atoms with E-state index in [2.05, 4.69) is 199 Å². The number of rotatable bonds is 8. The molecule has 0 spiro atoms. The van der Waals surface area contributed by atoms with Crippen molar-refractivity contribution < 1.29 is 8.83 Å². The lowest BCUT2D eigenvalue weighted by Gasteiger charge is -2.34. The number of aromatic nitrogens is 2. The summed E-state index contributed by atoms with van der Waals surface area (Å²) in [6.07, 6.45) is 0. The van der Waals surface area contributed by atoms with Crippen LogP contribution in [0.5, 0.6) is 0 Å². The fraction of sp³-hybridized carbons (Fsp3) is 0. The topological polar surface area (TPSA) is 55.3 Å². The maximum Gasteiger partial charge on any atom is 0.227 e. The summed E-state index contributed by atoms with van der Waals surface area (Å²) in [5.74, 6) is 0.607. The highest BCUT2D eigenvalue weighted by Crippen LogP contribution is 2.42. The van der Waals surface area contributed by atoms with E-state index in [0.717, 1.165) is 93.4 Å². The summed E-state index contributed by atoms with van der Waals surface area (Å²) in [5, 5.41) is 12.4. The Kier molecular flexibility index (Phi) is 8.79. The Morgan fingerprint density at radius 3 is 1.79 bits per heavy atom. The number of nitrogens with zero attached hydrogens (tertiary/aromatic N) is 3. The minimum atomic E-state index is -3.07. The van der Waals surface area contributed by atoms with E-state index in [-0.39, 0.29) is 0 Å². The van der Waals surface area contributed by atoms with Crippen molar-refractivity contribution in [3.63, 3.8) is 0 Å². The average molecular weight is 862 g/mol. The first-order valence-electron chi connectivity index (χ1n) is 22.3. The van der Waals surface area contributed by atoms with Crippen LogP contribution in [0, 0.1) is 0 Å².